The number of ether oxygens (including phenoxy) is 1. The van der Waals surface area contributed by atoms with Crippen molar-refractivity contribution >= 4 is 22.4 Å². The summed E-state index contributed by atoms with van der Waals surface area (Å²) >= 11 is 0. The molecular weight excluding hydrogens is 264 g/mol. The third kappa shape index (κ3) is 3.54. The Kier molecular flexibility index (Phi) is 5.66. The lowest BCUT2D eigenvalue weighted by Gasteiger charge is -2.33. The number of hydrogen-bond donors (Lipinski definition) is 1. The summed E-state index contributed by atoms with van der Waals surface area (Å²) in [7, 11) is -1.57. The van der Waals surface area contributed by atoms with Crippen molar-refractivity contribution in [3.05, 3.63) is 0 Å². The summed E-state index contributed by atoms with van der Waals surface area (Å²) < 4.78 is 30.4. The summed E-state index contributed by atoms with van der Waals surface area (Å²) in [4.78, 5) is 0. The predicted octanol–water partition coefficient (Wildman–Crippen LogP) is 0.0682. The minimum absolute atomic E-state index is 0. The van der Waals surface area contributed by atoms with Crippen LogP contribution in [0.15, 0.2) is 0 Å². The van der Waals surface area contributed by atoms with Crippen LogP contribution in [-0.4, -0.2) is 57.9 Å². The molecule has 2 aliphatic heterocycles. The molecule has 2 saturated heterocycles. The zero-order chi connectivity index (χ0) is 11.6. The molecule has 1 N–H and O–H groups in total. The third-order valence-electron chi connectivity index (χ3n) is 3.56. The van der Waals surface area contributed by atoms with E-state index in [1.807, 2.05) is 0 Å². The van der Waals surface area contributed by atoms with Crippen molar-refractivity contribution in [1.82, 2.24) is 9.62 Å². The Hall–Kier alpha value is 0.120. The van der Waals surface area contributed by atoms with Gasteiger partial charge in [-0.2, -0.15) is 0 Å². The molecule has 0 aromatic heterocycles. The average Bonchev–Trinajstić information content (AvgIpc) is 2.73. The second-order valence-corrected chi connectivity index (χ2v) is 6.65. The molecule has 2 unspecified atom stereocenters. The fraction of sp³-hybridized carbons (Fsp3) is 1.00. The third-order valence-corrected chi connectivity index (χ3v) is 5.36. The number of methoxy groups -OCH3 is 1. The van der Waals surface area contributed by atoms with Gasteiger partial charge < -0.3 is 10.1 Å². The zero-order valence-corrected chi connectivity index (χ0v) is 11.7. The van der Waals surface area contributed by atoms with E-state index in [9.17, 15) is 8.42 Å². The van der Waals surface area contributed by atoms with Gasteiger partial charge in [0.2, 0.25) is 10.0 Å². The largest absolute Gasteiger partial charge is 0.384 e. The van der Waals surface area contributed by atoms with Gasteiger partial charge in [-0.15, -0.1) is 12.4 Å². The second-order valence-electron chi connectivity index (χ2n) is 4.56. The molecule has 2 atom stereocenters. The normalized spacial score (nSPS) is 29.7. The van der Waals surface area contributed by atoms with Crippen molar-refractivity contribution in [2.75, 3.05) is 39.1 Å². The zero-order valence-electron chi connectivity index (χ0n) is 10.1. The monoisotopic (exact) mass is 284 g/mol. The molecule has 2 fully saturated rings. The molecule has 102 valence electrons. The molecular formula is C10H21ClN2O3S. The highest BCUT2D eigenvalue weighted by atomic mass is 35.5. The fourth-order valence-corrected chi connectivity index (χ4v) is 4.02. The summed E-state index contributed by atoms with van der Waals surface area (Å²) in [5.74, 6) is 0.611. The Labute approximate surface area is 109 Å². The van der Waals surface area contributed by atoms with Crippen molar-refractivity contribution in [3.8, 4) is 0 Å². The molecule has 17 heavy (non-hydrogen) atoms. The van der Waals surface area contributed by atoms with Gasteiger partial charge in [0.15, 0.2) is 0 Å². The summed E-state index contributed by atoms with van der Waals surface area (Å²) in [6, 6.07) is 0.536. The van der Waals surface area contributed by atoms with Crippen LogP contribution in [0.5, 0.6) is 0 Å². The summed E-state index contributed by atoms with van der Waals surface area (Å²) in [6.45, 7) is 2.65. The number of nitrogens with one attached hydrogen (secondary N) is 1. The maximum atomic E-state index is 12.0. The van der Waals surface area contributed by atoms with Crippen molar-refractivity contribution < 1.29 is 13.2 Å². The number of rotatable bonds is 4. The Morgan fingerprint density at radius 2 is 2.18 bits per heavy atom. The molecule has 0 spiro atoms. The van der Waals surface area contributed by atoms with Crippen LogP contribution in [0, 0.1) is 5.92 Å². The maximum Gasteiger partial charge on any atom is 0.216 e. The summed E-state index contributed by atoms with van der Waals surface area (Å²) in [5, 5.41) is 3.43. The first-order valence-corrected chi connectivity index (χ1v) is 7.44. The van der Waals surface area contributed by atoms with Crippen molar-refractivity contribution in [2.24, 2.45) is 5.92 Å². The van der Waals surface area contributed by atoms with E-state index in [-0.39, 0.29) is 24.8 Å². The standard InChI is InChI=1S/C10H20N2O3S.ClH/c1-15-6-7-16(13,14)12-5-3-10-9(8-12)2-4-11-10;/h9-11H,2-8H2,1H3;1H. The maximum absolute atomic E-state index is 12.0. The predicted molar refractivity (Wildman–Crippen MR) is 69.0 cm³/mol. The Balaban J connectivity index is 0.00000144. The van der Waals surface area contributed by atoms with Crippen LogP contribution in [0.4, 0.5) is 0 Å². The highest BCUT2D eigenvalue weighted by Gasteiger charge is 2.36. The van der Waals surface area contributed by atoms with E-state index in [4.69, 9.17) is 4.74 Å². The van der Waals surface area contributed by atoms with Crippen molar-refractivity contribution in [1.29, 1.82) is 0 Å². The molecule has 5 nitrogen and oxygen atoms in total. The lowest BCUT2D eigenvalue weighted by Crippen LogP contribution is -2.47. The minimum Gasteiger partial charge on any atom is -0.384 e. The van der Waals surface area contributed by atoms with Crippen LogP contribution in [-0.2, 0) is 14.8 Å². The van der Waals surface area contributed by atoms with Gasteiger partial charge in [-0.25, -0.2) is 12.7 Å². The molecule has 0 aromatic carbocycles. The van der Waals surface area contributed by atoms with E-state index >= 15 is 0 Å². The van der Waals surface area contributed by atoms with Crippen LogP contribution in [0.3, 0.4) is 0 Å². The van der Waals surface area contributed by atoms with E-state index in [1.165, 1.54) is 7.11 Å². The highest BCUT2D eigenvalue weighted by Crippen LogP contribution is 2.26. The van der Waals surface area contributed by atoms with Crippen molar-refractivity contribution in [2.45, 2.75) is 18.9 Å². The van der Waals surface area contributed by atoms with Crippen molar-refractivity contribution in [3.63, 3.8) is 0 Å². The van der Waals surface area contributed by atoms with Gasteiger partial charge in [-0.3, -0.25) is 0 Å². The highest BCUT2D eigenvalue weighted by molar-refractivity contribution is 7.89. The van der Waals surface area contributed by atoms with Gasteiger partial charge >= 0.3 is 0 Å². The average molecular weight is 285 g/mol. The number of sulfonamides is 1. The Morgan fingerprint density at radius 1 is 1.41 bits per heavy atom. The first-order valence-electron chi connectivity index (χ1n) is 5.83. The second kappa shape index (κ2) is 6.33. The van der Waals surface area contributed by atoms with Crippen LogP contribution >= 0.6 is 12.4 Å². The molecule has 0 amide bonds. The molecule has 0 radical (unpaired) electrons. The van der Waals surface area contributed by atoms with E-state index in [2.05, 4.69) is 5.32 Å². The quantitative estimate of drug-likeness (QED) is 0.794. The van der Waals surface area contributed by atoms with Gasteiger partial charge in [-0.1, -0.05) is 0 Å². The van der Waals surface area contributed by atoms with Gasteiger partial charge in [0.1, 0.15) is 0 Å². The molecule has 7 heteroatoms. The Bertz CT molecular complexity index is 336. The van der Waals surface area contributed by atoms with Crippen LogP contribution in [0.25, 0.3) is 0 Å². The van der Waals surface area contributed by atoms with Crippen LogP contribution in [0.2, 0.25) is 0 Å². The molecule has 2 heterocycles. The van der Waals surface area contributed by atoms with Gasteiger partial charge in [0.05, 0.1) is 12.4 Å². The van der Waals surface area contributed by atoms with Crippen LogP contribution in [0.1, 0.15) is 12.8 Å². The van der Waals surface area contributed by atoms with E-state index in [0.717, 1.165) is 19.4 Å². The fourth-order valence-electron chi connectivity index (χ4n) is 2.58. The number of hydrogen-bond acceptors (Lipinski definition) is 4. The Morgan fingerprint density at radius 3 is 2.88 bits per heavy atom. The molecule has 0 aromatic rings. The van der Waals surface area contributed by atoms with Gasteiger partial charge in [0.25, 0.3) is 0 Å². The number of nitrogens with zero attached hydrogens (tertiary/aromatic N) is 1. The van der Waals surface area contributed by atoms with E-state index < -0.39 is 10.0 Å². The topological polar surface area (TPSA) is 58.6 Å². The lowest BCUT2D eigenvalue weighted by molar-refractivity contribution is 0.211. The van der Waals surface area contributed by atoms with Gasteiger partial charge in [-0.05, 0) is 25.3 Å². The lowest BCUT2D eigenvalue weighted by atomic mass is 9.95. The van der Waals surface area contributed by atoms with E-state index in [0.29, 0.717) is 25.0 Å². The molecule has 2 aliphatic rings. The van der Waals surface area contributed by atoms with E-state index in [1.54, 1.807) is 4.31 Å². The van der Waals surface area contributed by atoms with Gasteiger partial charge in [0, 0.05) is 26.2 Å². The molecule has 0 aliphatic carbocycles. The number of piperidine rings is 1. The molecule has 0 saturated carbocycles. The minimum atomic E-state index is -3.10. The smallest absolute Gasteiger partial charge is 0.216 e. The first-order chi connectivity index (χ1) is 7.63. The van der Waals surface area contributed by atoms with Crippen LogP contribution < -0.4 is 5.32 Å². The SMILES string of the molecule is COCCS(=O)(=O)N1CCC2NCCC2C1.Cl. The molecule has 0 bridgehead atoms. The molecule has 2 rings (SSSR count). The number of halogens is 1. The number of fused-ring (bicyclic) bond motifs is 1. The first kappa shape index (κ1) is 15.2. The summed E-state index contributed by atoms with van der Waals surface area (Å²) in [6.07, 6.45) is 2.04. The summed E-state index contributed by atoms with van der Waals surface area (Å²) in [5.41, 5.74) is 0.